The minimum atomic E-state index is -0.0489. The van der Waals surface area contributed by atoms with Gasteiger partial charge in [-0.1, -0.05) is 0 Å². The molecule has 2 atom stereocenters. The number of amides is 1. The first-order valence-electron chi connectivity index (χ1n) is 7.41. The first-order chi connectivity index (χ1) is 10.3. The Hall–Kier alpha value is -1.11. The van der Waals surface area contributed by atoms with Gasteiger partial charge in [0.2, 0.25) is 0 Å². The quantitative estimate of drug-likeness (QED) is 0.852. The van der Waals surface area contributed by atoms with Gasteiger partial charge >= 0.3 is 0 Å². The Labute approximate surface area is 129 Å². The van der Waals surface area contributed by atoms with Gasteiger partial charge in [0.15, 0.2) is 0 Å². The van der Waals surface area contributed by atoms with Crippen LogP contribution < -0.4 is 5.32 Å². The lowest BCUT2D eigenvalue weighted by atomic mass is 10.1. The zero-order chi connectivity index (χ0) is 14.7. The van der Waals surface area contributed by atoms with Gasteiger partial charge in [0.05, 0.1) is 30.9 Å². The number of rotatable bonds is 4. The average molecular weight is 307 g/mol. The van der Waals surface area contributed by atoms with Crippen molar-refractivity contribution in [3.63, 3.8) is 0 Å². The first kappa shape index (κ1) is 14.8. The minimum Gasteiger partial charge on any atom is -0.378 e. The monoisotopic (exact) mass is 307 g/mol. The summed E-state index contributed by atoms with van der Waals surface area (Å²) in [5.41, 5.74) is 0.650. The van der Waals surface area contributed by atoms with E-state index in [0.29, 0.717) is 24.8 Å². The van der Waals surface area contributed by atoms with E-state index in [1.54, 1.807) is 12.3 Å². The average Bonchev–Trinajstić information content (AvgIpc) is 3.17. The Morgan fingerprint density at radius 3 is 3.00 bits per heavy atom. The molecule has 0 saturated carbocycles. The lowest BCUT2D eigenvalue weighted by Crippen LogP contribution is -2.50. The molecule has 114 valence electrons. The van der Waals surface area contributed by atoms with Crippen molar-refractivity contribution in [1.82, 2.24) is 15.2 Å². The van der Waals surface area contributed by atoms with Crippen molar-refractivity contribution in [2.75, 3.05) is 32.6 Å². The molecule has 0 radical (unpaired) electrons. The van der Waals surface area contributed by atoms with Gasteiger partial charge in [-0.25, -0.2) is 4.98 Å². The van der Waals surface area contributed by atoms with Crippen molar-refractivity contribution in [2.24, 2.45) is 0 Å². The predicted molar refractivity (Wildman–Crippen MR) is 82.7 cm³/mol. The van der Waals surface area contributed by atoms with Crippen LogP contribution in [-0.2, 0) is 4.74 Å². The second-order valence-electron chi connectivity index (χ2n) is 5.49. The summed E-state index contributed by atoms with van der Waals surface area (Å²) in [6.07, 6.45) is 6.14. The molecule has 6 heteroatoms. The Morgan fingerprint density at radius 2 is 2.24 bits per heavy atom. The van der Waals surface area contributed by atoms with Gasteiger partial charge < -0.3 is 10.1 Å². The maximum atomic E-state index is 12.5. The van der Waals surface area contributed by atoms with Crippen LogP contribution >= 0.6 is 11.8 Å². The van der Waals surface area contributed by atoms with Crippen LogP contribution in [0.2, 0.25) is 0 Å². The van der Waals surface area contributed by atoms with Gasteiger partial charge in [0.25, 0.3) is 5.91 Å². The Bertz CT molecular complexity index is 505. The lowest BCUT2D eigenvalue weighted by Gasteiger charge is -2.28. The van der Waals surface area contributed by atoms with E-state index in [9.17, 15) is 4.79 Å². The third-order valence-electron chi connectivity index (χ3n) is 4.19. The molecule has 5 nitrogen and oxygen atoms in total. The molecule has 0 spiro atoms. The molecule has 3 heterocycles. The molecule has 1 aromatic rings. The van der Waals surface area contributed by atoms with Crippen molar-refractivity contribution < 1.29 is 9.53 Å². The summed E-state index contributed by atoms with van der Waals surface area (Å²) in [4.78, 5) is 19.2. The maximum Gasteiger partial charge on any atom is 0.254 e. The van der Waals surface area contributed by atoms with Crippen molar-refractivity contribution >= 4 is 17.7 Å². The highest BCUT2D eigenvalue weighted by molar-refractivity contribution is 7.98. The lowest BCUT2D eigenvalue weighted by molar-refractivity contribution is 0.0913. The maximum absolute atomic E-state index is 12.5. The summed E-state index contributed by atoms with van der Waals surface area (Å²) >= 11 is 1.49. The van der Waals surface area contributed by atoms with E-state index in [4.69, 9.17) is 4.74 Å². The second kappa shape index (κ2) is 6.77. The van der Waals surface area contributed by atoms with E-state index in [2.05, 4.69) is 15.2 Å². The van der Waals surface area contributed by atoms with Crippen LogP contribution in [0, 0.1) is 0 Å². The van der Waals surface area contributed by atoms with Crippen LogP contribution in [0.1, 0.15) is 23.2 Å². The number of nitrogens with one attached hydrogen (secondary N) is 1. The highest BCUT2D eigenvalue weighted by Gasteiger charge is 2.35. The number of carbonyl (C=O) groups excluding carboxylic acids is 1. The van der Waals surface area contributed by atoms with Gasteiger partial charge in [-0.3, -0.25) is 9.69 Å². The molecule has 2 aliphatic rings. The fourth-order valence-electron chi connectivity index (χ4n) is 3.09. The number of pyridine rings is 1. The molecule has 0 aliphatic carbocycles. The molecular weight excluding hydrogens is 286 g/mol. The molecular formula is C15H21N3O2S. The van der Waals surface area contributed by atoms with Crippen molar-refractivity contribution in [3.8, 4) is 0 Å². The number of likely N-dealkylation sites (tertiary alicyclic amines) is 1. The fourth-order valence-corrected chi connectivity index (χ4v) is 3.63. The van der Waals surface area contributed by atoms with Crippen LogP contribution in [0.15, 0.2) is 23.4 Å². The summed E-state index contributed by atoms with van der Waals surface area (Å²) in [7, 11) is 0. The first-order valence-corrected chi connectivity index (χ1v) is 8.63. The topological polar surface area (TPSA) is 54.5 Å². The van der Waals surface area contributed by atoms with E-state index < -0.39 is 0 Å². The normalized spacial score (nSPS) is 26.1. The molecule has 2 aliphatic heterocycles. The van der Waals surface area contributed by atoms with E-state index in [1.165, 1.54) is 24.6 Å². The molecule has 0 unspecified atom stereocenters. The molecule has 1 N–H and O–H groups in total. The van der Waals surface area contributed by atoms with Crippen LogP contribution in [-0.4, -0.2) is 60.4 Å². The molecule has 21 heavy (non-hydrogen) atoms. The Balaban J connectivity index is 1.68. The molecule has 1 aromatic heterocycles. The van der Waals surface area contributed by atoms with Gasteiger partial charge in [-0.05, 0) is 44.3 Å². The summed E-state index contributed by atoms with van der Waals surface area (Å²) in [6, 6.07) is 4.02. The van der Waals surface area contributed by atoms with Crippen molar-refractivity contribution in [2.45, 2.75) is 30.0 Å². The number of hydrogen-bond donors (Lipinski definition) is 1. The predicted octanol–water partition coefficient (Wildman–Crippen LogP) is 1.40. The summed E-state index contributed by atoms with van der Waals surface area (Å²) in [5.74, 6) is -0.0489. The third-order valence-corrected chi connectivity index (χ3v) is 4.90. The second-order valence-corrected chi connectivity index (χ2v) is 6.28. The smallest absolute Gasteiger partial charge is 0.254 e. The molecule has 1 amide bonds. The van der Waals surface area contributed by atoms with E-state index in [-0.39, 0.29) is 11.9 Å². The van der Waals surface area contributed by atoms with E-state index in [0.717, 1.165) is 18.1 Å². The van der Waals surface area contributed by atoms with Crippen LogP contribution in [0.25, 0.3) is 0 Å². The van der Waals surface area contributed by atoms with Gasteiger partial charge in [0.1, 0.15) is 5.03 Å². The summed E-state index contributed by atoms with van der Waals surface area (Å²) in [6.45, 7) is 3.54. The number of ether oxygens (including phenoxy) is 1. The number of carbonyl (C=O) groups is 1. The Morgan fingerprint density at radius 1 is 1.43 bits per heavy atom. The SMILES string of the molecule is CSc1ncccc1C(=O)N[C@H]1COC[C@@H]1N1CCCC1. The van der Waals surface area contributed by atoms with Gasteiger partial charge in [0, 0.05) is 6.20 Å². The summed E-state index contributed by atoms with van der Waals surface area (Å²) < 4.78 is 5.60. The van der Waals surface area contributed by atoms with Crippen molar-refractivity contribution in [3.05, 3.63) is 23.9 Å². The zero-order valence-corrected chi connectivity index (χ0v) is 13.1. The van der Waals surface area contributed by atoms with Crippen LogP contribution in [0.3, 0.4) is 0 Å². The fraction of sp³-hybridized carbons (Fsp3) is 0.600. The van der Waals surface area contributed by atoms with E-state index >= 15 is 0 Å². The van der Waals surface area contributed by atoms with Crippen LogP contribution in [0.5, 0.6) is 0 Å². The number of nitrogens with zero attached hydrogens (tertiary/aromatic N) is 2. The van der Waals surface area contributed by atoms with Gasteiger partial charge in [-0.15, -0.1) is 11.8 Å². The number of thioether (sulfide) groups is 1. The molecule has 2 fully saturated rings. The molecule has 0 bridgehead atoms. The zero-order valence-electron chi connectivity index (χ0n) is 12.2. The largest absolute Gasteiger partial charge is 0.378 e. The number of hydrogen-bond acceptors (Lipinski definition) is 5. The molecule has 3 rings (SSSR count). The number of aromatic nitrogens is 1. The van der Waals surface area contributed by atoms with Gasteiger partial charge in [-0.2, -0.15) is 0 Å². The standard InChI is InChI=1S/C15H21N3O2S/c1-21-15-11(5-4-6-16-15)14(19)17-12-9-20-10-13(12)18-7-2-3-8-18/h4-6,12-13H,2-3,7-10H2,1H3,(H,17,19)/t12-,13-/m0/s1. The molecule has 0 aromatic carbocycles. The third kappa shape index (κ3) is 3.22. The summed E-state index contributed by atoms with van der Waals surface area (Å²) in [5, 5.41) is 3.91. The Kier molecular flexibility index (Phi) is 4.77. The highest BCUT2D eigenvalue weighted by Crippen LogP contribution is 2.21. The van der Waals surface area contributed by atoms with Crippen LogP contribution in [0.4, 0.5) is 0 Å². The van der Waals surface area contributed by atoms with E-state index in [1.807, 2.05) is 12.3 Å². The van der Waals surface area contributed by atoms with Crippen molar-refractivity contribution in [1.29, 1.82) is 0 Å². The highest BCUT2D eigenvalue weighted by atomic mass is 32.2. The minimum absolute atomic E-state index is 0.0489. The molecule has 2 saturated heterocycles.